The standard InChI is InChI=1S/C18H18N2O5/c1-2-23-17(21)13-5-3-4-6-14(13)20-18(22)19-10-12-7-8-15-16(9-12)25-11-24-15/h3-9H,2,10-11H2,1H3,(H2,19,20,22). The van der Waals surface area contributed by atoms with E-state index < -0.39 is 12.0 Å². The summed E-state index contributed by atoms with van der Waals surface area (Å²) in [5, 5.41) is 5.40. The van der Waals surface area contributed by atoms with Crippen LogP contribution in [-0.2, 0) is 11.3 Å². The number of fused-ring (bicyclic) bond motifs is 1. The van der Waals surface area contributed by atoms with Crippen LogP contribution >= 0.6 is 0 Å². The number of hydrogen-bond acceptors (Lipinski definition) is 5. The van der Waals surface area contributed by atoms with Crippen LogP contribution in [0.25, 0.3) is 0 Å². The summed E-state index contributed by atoms with van der Waals surface area (Å²) >= 11 is 0. The van der Waals surface area contributed by atoms with Gasteiger partial charge in [0.15, 0.2) is 11.5 Å². The number of esters is 1. The van der Waals surface area contributed by atoms with Gasteiger partial charge < -0.3 is 24.8 Å². The predicted molar refractivity (Wildman–Crippen MR) is 90.8 cm³/mol. The summed E-state index contributed by atoms with van der Waals surface area (Å²) in [6.45, 7) is 2.51. The lowest BCUT2D eigenvalue weighted by Crippen LogP contribution is -2.29. The van der Waals surface area contributed by atoms with Crippen molar-refractivity contribution < 1.29 is 23.8 Å². The maximum atomic E-state index is 12.1. The van der Waals surface area contributed by atoms with Crippen molar-refractivity contribution in [3.63, 3.8) is 0 Å². The number of ether oxygens (including phenoxy) is 3. The summed E-state index contributed by atoms with van der Waals surface area (Å²) in [7, 11) is 0. The largest absolute Gasteiger partial charge is 0.462 e. The van der Waals surface area contributed by atoms with E-state index in [2.05, 4.69) is 10.6 Å². The molecule has 0 fully saturated rings. The molecule has 2 aromatic rings. The van der Waals surface area contributed by atoms with E-state index in [1.807, 2.05) is 12.1 Å². The third-order valence-electron chi connectivity index (χ3n) is 3.56. The number of carbonyl (C=O) groups is 2. The molecule has 2 amide bonds. The third kappa shape index (κ3) is 4.00. The van der Waals surface area contributed by atoms with Crippen molar-refractivity contribution in [2.24, 2.45) is 0 Å². The van der Waals surface area contributed by atoms with Gasteiger partial charge in [0.05, 0.1) is 17.9 Å². The molecule has 25 heavy (non-hydrogen) atoms. The van der Waals surface area contributed by atoms with Gasteiger partial charge in [-0.15, -0.1) is 0 Å². The molecule has 7 heteroatoms. The Morgan fingerprint density at radius 2 is 1.92 bits per heavy atom. The second-order valence-electron chi connectivity index (χ2n) is 5.26. The molecule has 0 unspecified atom stereocenters. The molecule has 0 spiro atoms. The van der Waals surface area contributed by atoms with Crippen molar-refractivity contribution in [1.29, 1.82) is 0 Å². The minimum absolute atomic E-state index is 0.206. The minimum atomic E-state index is -0.478. The molecule has 2 aromatic carbocycles. The van der Waals surface area contributed by atoms with Crippen LogP contribution < -0.4 is 20.1 Å². The first-order valence-electron chi connectivity index (χ1n) is 7.87. The lowest BCUT2D eigenvalue weighted by atomic mass is 10.2. The zero-order chi connectivity index (χ0) is 17.6. The maximum absolute atomic E-state index is 12.1. The van der Waals surface area contributed by atoms with E-state index in [1.165, 1.54) is 0 Å². The van der Waals surface area contributed by atoms with E-state index in [0.717, 1.165) is 5.56 Å². The Morgan fingerprint density at radius 3 is 2.76 bits per heavy atom. The van der Waals surface area contributed by atoms with E-state index in [9.17, 15) is 9.59 Å². The molecule has 1 aliphatic heterocycles. The molecule has 1 heterocycles. The normalized spacial score (nSPS) is 11.7. The maximum Gasteiger partial charge on any atom is 0.340 e. The quantitative estimate of drug-likeness (QED) is 0.816. The van der Waals surface area contributed by atoms with Gasteiger partial charge in [-0.1, -0.05) is 18.2 Å². The van der Waals surface area contributed by atoms with Crippen LogP contribution in [0.4, 0.5) is 10.5 Å². The fraction of sp³-hybridized carbons (Fsp3) is 0.222. The topological polar surface area (TPSA) is 85.9 Å². The summed E-state index contributed by atoms with van der Waals surface area (Å²) in [4.78, 5) is 24.0. The van der Waals surface area contributed by atoms with Crippen molar-refractivity contribution in [1.82, 2.24) is 5.32 Å². The summed E-state index contributed by atoms with van der Waals surface area (Å²) in [6.07, 6.45) is 0. The number of rotatable bonds is 5. The molecule has 7 nitrogen and oxygen atoms in total. The number of nitrogens with one attached hydrogen (secondary N) is 2. The van der Waals surface area contributed by atoms with E-state index in [-0.39, 0.29) is 13.4 Å². The minimum Gasteiger partial charge on any atom is -0.462 e. The molecular weight excluding hydrogens is 324 g/mol. The van der Waals surface area contributed by atoms with Gasteiger partial charge in [-0.2, -0.15) is 0 Å². The molecule has 0 bridgehead atoms. The highest BCUT2D eigenvalue weighted by atomic mass is 16.7. The number of hydrogen-bond donors (Lipinski definition) is 2. The fourth-order valence-corrected chi connectivity index (χ4v) is 2.38. The average molecular weight is 342 g/mol. The van der Waals surface area contributed by atoms with Gasteiger partial charge in [0.1, 0.15) is 0 Å². The van der Waals surface area contributed by atoms with Crippen molar-refractivity contribution in [2.45, 2.75) is 13.5 Å². The molecule has 1 aliphatic rings. The van der Waals surface area contributed by atoms with Crippen molar-refractivity contribution in [2.75, 3.05) is 18.7 Å². The van der Waals surface area contributed by atoms with E-state index in [1.54, 1.807) is 37.3 Å². The van der Waals surface area contributed by atoms with Crippen molar-refractivity contribution in [3.8, 4) is 11.5 Å². The number of carbonyl (C=O) groups excluding carboxylic acids is 2. The molecule has 130 valence electrons. The Bertz CT molecular complexity index is 791. The van der Waals surface area contributed by atoms with Gasteiger partial charge in [0.2, 0.25) is 6.79 Å². The van der Waals surface area contributed by atoms with Gasteiger partial charge in [-0.05, 0) is 36.8 Å². The Kier molecular flexibility index (Phi) is 5.03. The van der Waals surface area contributed by atoms with Crippen LogP contribution in [0, 0.1) is 0 Å². The van der Waals surface area contributed by atoms with E-state index in [0.29, 0.717) is 29.3 Å². The Morgan fingerprint density at radius 1 is 1.12 bits per heavy atom. The second kappa shape index (κ2) is 7.57. The predicted octanol–water partition coefficient (Wildman–Crippen LogP) is 2.91. The first-order valence-corrected chi connectivity index (χ1v) is 7.87. The monoisotopic (exact) mass is 342 g/mol. The molecule has 0 saturated heterocycles. The Balaban J connectivity index is 1.60. The number of anilines is 1. The highest BCUT2D eigenvalue weighted by molar-refractivity contribution is 6.00. The number of benzene rings is 2. The van der Waals surface area contributed by atoms with Gasteiger partial charge >= 0.3 is 12.0 Å². The summed E-state index contributed by atoms with van der Waals surface area (Å²) in [5.74, 6) is 0.873. The van der Waals surface area contributed by atoms with Crippen LogP contribution in [0.1, 0.15) is 22.8 Å². The van der Waals surface area contributed by atoms with Crippen LogP contribution in [0.15, 0.2) is 42.5 Å². The lowest BCUT2D eigenvalue weighted by Gasteiger charge is -2.11. The number of urea groups is 1. The lowest BCUT2D eigenvalue weighted by molar-refractivity contribution is 0.0527. The van der Waals surface area contributed by atoms with Crippen LogP contribution in [0.3, 0.4) is 0 Å². The molecule has 0 aromatic heterocycles. The zero-order valence-corrected chi connectivity index (χ0v) is 13.7. The van der Waals surface area contributed by atoms with Crippen LogP contribution in [-0.4, -0.2) is 25.4 Å². The van der Waals surface area contributed by atoms with Gasteiger partial charge in [-0.3, -0.25) is 0 Å². The fourth-order valence-electron chi connectivity index (χ4n) is 2.38. The van der Waals surface area contributed by atoms with Crippen molar-refractivity contribution >= 4 is 17.7 Å². The first-order chi connectivity index (χ1) is 12.2. The summed E-state index contributed by atoms with van der Waals surface area (Å²) in [5.41, 5.74) is 1.57. The number of amides is 2. The van der Waals surface area contributed by atoms with Gasteiger partial charge in [0, 0.05) is 6.54 Å². The highest BCUT2D eigenvalue weighted by Gasteiger charge is 2.15. The van der Waals surface area contributed by atoms with Crippen LogP contribution in [0.2, 0.25) is 0 Å². The van der Waals surface area contributed by atoms with E-state index in [4.69, 9.17) is 14.2 Å². The van der Waals surface area contributed by atoms with E-state index >= 15 is 0 Å². The third-order valence-corrected chi connectivity index (χ3v) is 3.56. The average Bonchev–Trinajstić information content (AvgIpc) is 3.08. The molecular formula is C18H18N2O5. The Hall–Kier alpha value is -3.22. The zero-order valence-electron chi connectivity index (χ0n) is 13.7. The molecule has 2 N–H and O–H groups in total. The molecule has 0 aliphatic carbocycles. The van der Waals surface area contributed by atoms with Gasteiger partial charge in [0.25, 0.3) is 0 Å². The SMILES string of the molecule is CCOC(=O)c1ccccc1NC(=O)NCc1ccc2c(c1)OCO2. The number of para-hydroxylation sites is 1. The smallest absolute Gasteiger partial charge is 0.340 e. The molecule has 0 saturated carbocycles. The molecule has 0 radical (unpaired) electrons. The highest BCUT2D eigenvalue weighted by Crippen LogP contribution is 2.32. The van der Waals surface area contributed by atoms with Crippen LogP contribution in [0.5, 0.6) is 11.5 Å². The van der Waals surface area contributed by atoms with Crippen molar-refractivity contribution in [3.05, 3.63) is 53.6 Å². The first kappa shape index (κ1) is 16.6. The summed E-state index contributed by atoms with van der Waals surface area (Å²) in [6, 6.07) is 11.7. The second-order valence-corrected chi connectivity index (χ2v) is 5.26. The Labute approximate surface area is 144 Å². The van der Waals surface area contributed by atoms with Gasteiger partial charge in [-0.25, -0.2) is 9.59 Å². The summed E-state index contributed by atoms with van der Waals surface area (Å²) < 4.78 is 15.5. The molecule has 0 atom stereocenters. The molecule has 3 rings (SSSR count).